The zero-order valence-electron chi connectivity index (χ0n) is 22.6. The molecule has 0 radical (unpaired) electrons. The van der Waals surface area contributed by atoms with Crippen LogP contribution in [0.25, 0.3) is 11.2 Å². The maximum Gasteiger partial charge on any atom is 0.413 e. The van der Waals surface area contributed by atoms with Crippen molar-refractivity contribution in [2.24, 2.45) is 0 Å². The quantitative estimate of drug-likeness (QED) is 0.312. The highest BCUT2D eigenvalue weighted by atomic mass is 16.6. The van der Waals surface area contributed by atoms with Crippen LogP contribution < -0.4 is 10.6 Å². The Morgan fingerprint density at radius 3 is 2.52 bits per heavy atom. The fourth-order valence-corrected chi connectivity index (χ4v) is 4.24. The van der Waals surface area contributed by atoms with E-state index in [0.29, 0.717) is 5.65 Å². The molecule has 0 spiro atoms. The molecular formula is C26H31N7O7. The molecule has 14 nitrogen and oxygen atoms in total. The number of esters is 1. The van der Waals surface area contributed by atoms with Crippen molar-refractivity contribution in [2.75, 3.05) is 25.5 Å². The van der Waals surface area contributed by atoms with Gasteiger partial charge in [0.2, 0.25) is 5.91 Å². The smallest absolute Gasteiger partial charge is 0.413 e. The Kier molecular flexibility index (Phi) is 8.46. The number of rotatable bonds is 8. The highest BCUT2D eigenvalue weighted by Crippen LogP contribution is 2.32. The van der Waals surface area contributed by atoms with Gasteiger partial charge in [0, 0.05) is 6.54 Å². The molecule has 2 N–H and O–H groups in total. The predicted molar refractivity (Wildman–Crippen MR) is 141 cm³/mol. The second kappa shape index (κ2) is 12.0. The van der Waals surface area contributed by atoms with E-state index in [-0.39, 0.29) is 43.4 Å². The Morgan fingerprint density at radius 1 is 1.07 bits per heavy atom. The minimum Gasteiger partial charge on any atom is -0.468 e. The predicted octanol–water partition coefficient (Wildman–Crippen LogP) is 2.41. The Hall–Kier alpha value is -4.75. The topological polar surface area (TPSA) is 167 Å². The van der Waals surface area contributed by atoms with Gasteiger partial charge < -0.3 is 29.0 Å². The maximum absolute atomic E-state index is 13.5. The van der Waals surface area contributed by atoms with Gasteiger partial charge >= 0.3 is 18.2 Å². The molecule has 0 aliphatic carbocycles. The summed E-state index contributed by atoms with van der Waals surface area (Å²) < 4.78 is 16.9. The summed E-state index contributed by atoms with van der Waals surface area (Å²) >= 11 is 0. The molecule has 3 amide bonds. The second-order valence-corrected chi connectivity index (χ2v) is 10.1. The van der Waals surface area contributed by atoms with Gasteiger partial charge in [0.05, 0.1) is 19.5 Å². The van der Waals surface area contributed by atoms with Crippen LogP contribution in [0.5, 0.6) is 0 Å². The number of carbonyl (C=O) groups excluding carboxylic acids is 4. The Bertz CT molecular complexity index is 1390. The lowest BCUT2D eigenvalue weighted by molar-refractivity contribution is -0.147. The molecule has 4 rings (SSSR count). The van der Waals surface area contributed by atoms with Gasteiger partial charge in [0.1, 0.15) is 31.1 Å². The number of likely N-dealkylation sites (tertiary alicyclic amines) is 1. The number of nitrogens with zero attached hydrogens (tertiary/aromatic N) is 5. The third kappa shape index (κ3) is 6.81. The van der Waals surface area contributed by atoms with E-state index in [1.54, 1.807) is 25.3 Å². The zero-order valence-corrected chi connectivity index (χ0v) is 22.6. The van der Waals surface area contributed by atoms with E-state index in [9.17, 15) is 19.2 Å². The number of carbonyl (C=O) groups is 4. The number of anilines is 1. The van der Waals surface area contributed by atoms with Crippen LogP contribution in [0, 0.1) is 0 Å². The summed E-state index contributed by atoms with van der Waals surface area (Å²) in [5.41, 5.74) is 0.674. The zero-order chi connectivity index (χ0) is 28.9. The Morgan fingerprint density at radius 2 is 1.82 bits per heavy atom. The summed E-state index contributed by atoms with van der Waals surface area (Å²) in [6, 6.07) is 7.88. The summed E-state index contributed by atoms with van der Waals surface area (Å²) in [4.78, 5) is 64.2. The molecule has 1 fully saturated rings. The third-order valence-corrected chi connectivity index (χ3v) is 6.04. The molecule has 212 valence electrons. The molecule has 14 heteroatoms. The molecule has 2 aromatic heterocycles. The molecule has 1 aliphatic rings. The van der Waals surface area contributed by atoms with E-state index >= 15 is 0 Å². The minimum atomic E-state index is -0.784. The maximum atomic E-state index is 13.5. The lowest BCUT2D eigenvalue weighted by Gasteiger charge is -2.25. The van der Waals surface area contributed by atoms with Crippen LogP contribution >= 0.6 is 0 Å². The SMILES string of the molecule is COC(=O)CN1C(=O)[C@H](n2cnc3c(NC(=O)OCc4ccccc4)ncnc32)C[C@@H]1CNC(=O)OC(C)(C)C. The standard InChI is InChI=1S/C26H31N7O7/c1-26(2,3)40-24(36)27-11-17-10-18(23(35)32(17)12-19(34)38-4)33-15-30-20-21(28-14-29-22(20)33)31-25(37)39-13-16-8-6-5-7-9-16/h5-9,14-15,17-18H,10-13H2,1-4H3,(H,27,36)(H,28,29,31,37)/t17-,18-/m1/s1. The van der Waals surface area contributed by atoms with Gasteiger partial charge in [-0.15, -0.1) is 0 Å². The highest BCUT2D eigenvalue weighted by molar-refractivity contribution is 5.94. The highest BCUT2D eigenvalue weighted by Gasteiger charge is 2.42. The third-order valence-electron chi connectivity index (χ3n) is 6.04. The van der Waals surface area contributed by atoms with Crippen molar-refractivity contribution >= 4 is 41.0 Å². The number of imidazole rings is 1. The van der Waals surface area contributed by atoms with Crippen molar-refractivity contribution < 1.29 is 33.4 Å². The molecule has 40 heavy (non-hydrogen) atoms. The fraction of sp³-hybridized carbons (Fsp3) is 0.423. The summed E-state index contributed by atoms with van der Waals surface area (Å²) in [5, 5.41) is 5.23. The van der Waals surface area contributed by atoms with E-state index < -0.39 is 35.8 Å². The van der Waals surface area contributed by atoms with E-state index in [1.165, 1.54) is 24.7 Å². The van der Waals surface area contributed by atoms with Crippen molar-refractivity contribution in [3.05, 3.63) is 48.5 Å². The van der Waals surface area contributed by atoms with Crippen LogP contribution in [0.1, 0.15) is 38.8 Å². The largest absolute Gasteiger partial charge is 0.468 e. The number of fused-ring (bicyclic) bond motifs is 1. The van der Waals surface area contributed by atoms with Gasteiger partial charge in [-0.25, -0.2) is 24.5 Å². The van der Waals surface area contributed by atoms with E-state index in [0.717, 1.165) is 5.56 Å². The summed E-state index contributed by atoms with van der Waals surface area (Å²) in [6.07, 6.45) is 1.52. The van der Waals surface area contributed by atoms with Crippen LogP contribution in [0.2, 0.25) is 0 Å². The molecular weight excluding hydrogens is 522 g/mol. The number of amides is 3. The van der Waals surface area contributed by atoms with Gasteiger partial charge in [-0.05, 0) is 32.8 Å². The number of alkyl carbamates (subject to hydrolysis) is 1. The fourth-order valence-electron chi connectivity index (χ4n) is 4.24. The molecule has 1 saturated heterocycles. The van der Waals surface area contributed by atoms with Crippen molar-refractivity contribution in [3.63, 3.8) is 0 Å². The molecule has 1 aromatic carbocycles. The average Bonchev–Trinajstić information content (AvgIpc) is 3.47. The van der Waals surface area contributed by atoms with E-state index in [4.69, 9.17) is 14.2 Å². The number of aromatic nitrogens is 4. The molecule has 3 heterocycles. The van der Waals surface area contributed by atoms with Gasteiger partial charge in [-0.1, -0.05) is 30.3 Å². The molecule has 2 atom stereocenters. The Balaban J connectivity index is 1.50. The molecule has 0 unspecified atom stereocenters. The number of ether oxygens (including phenoxy) is 3. The minimum absolute atomic E-state index is 0.0514. The first kappa shape index (κ1) is 28.3. The van der Waals surface area contributed by atoms with Crippen LogP contribution in [0.4, 0.5) is 15.4 Å². The number of methoxy groups -OCH3 is 1. The normalized spacial score (nSPS) is 17.0. The van der Waals surface area contributed by atoms with Gasteiger partial charge in [0.15, 0.2) is 17.0 Å². The van der Waals surface area contributed by atoms with Gasteiger partial charge in [-0.2, -0.15) is 0 Å². The molecule has 3 aromatic rings. The number of hydrogen-bond donors (Lipinski definition) is 2. The van der Waals surface area contributed by atoms with Gasteiger partial charge in [-0.3, -0.25) is 14.9 Å². The first-order valence-corrected chi connectivity index (χ1v) is 12.5. The van der Waals surface area contributed by atoms with Crippen molar-refractivity contribution in [3.8, 4) is 0 Å². The van der Waals surface area contributed by atoms with Crippen molar-refractivity contribution in [2.45, 2.75) is 51.5 Å². The first-order valence-electron chi connectivity index (χ1n) is 12.5. The molecule has 0 saturated carbocycles. The van der Waals surface area contributed by atoms with E-state index in [2.05, 4.69) is 25.6 Å². The van der Waals surface area contributed by atoms with Crippen LogP contribution in [-0.2, 0) is 30.4 Å². The number of benzene rings is 1. The van der Waals surface area contributed by atoms with Gasteiger partial charge in [0.25, 0.3) is 0 Å². The molecule has 0 bridgehead atoms. The number of hydrogen-bond acceptors (Lipinski definition) is 10. The lowest BCUT2D eigenvalue weighted by Crippen LogP contribution is -2.45. The first-order chi connectivity index (χ1) is 19.1. The molecule has 1 aliphatic heterocycles. The van der Waals surface area contributed by atoms with Crippen LogP contribution in [0.3, 0.4) is 0 Å². The van der Waals surface area contributed by atoms with Crippen LogP contribution in [-0.4, -0.2) is 80.3 Å². The van der Waals surface area contributed by atoms with Crippen molar-refractivity contribution in [1.29, 1.82) is 0 Å². The van der Waals surface area contributed by atoms with E-state index in [1.807, 2.05) is 30.3 Å². The summed E-state index contributed by atoms with van der Waals surface area (Å²) in [7, 11) is 1.23. The lowest BCUT2D eigenvalue weighted by atomic mass is 10.1. The van der Waals surface area contributed by atoms with Crippen LogP contribution in [0.15, 0.2) is 43.0 Å². The second-order valence-electron chi connectivity index (χ2n) is 10.1. The number of nitrogens with one attached hydrogen (secondary N) is 2. The summed E-state index contributed by atoms with van der Waals surface area (Å²) in [6.45, 7) is 5.04. The average molecular weight is 554 g/mol. The summed E-state index contributed by atoms with van der Waals surface area (Å²) in [5.74, 6) is -0.868. The Labute approximate surface area is 230 Å². The van der Waals surface area contributed by atoms with Crippen molar-refractivity contribution in [1.82, 2.24) is 29.7 Å². The monoisotopic (exact) mass is 553 g/mol.